The van der Waals surface area contributed by atoms with Crippen LogP contribution in [0.2, 0.25) is 0 Å². The number of benzene rings is 1. The molecule has 4 rings (SSSR count). The summed E-state index contributed by atoms with van der Waals surface area (Å²) in [6, 6.07) is 7.97. The predicted molar refractivity (Wildman–Crippen MR) is 102 cm³/mol. The highest BCUT2D eigenvalue weighted by Crippen LogP contribution is 2.31. The van der Waals surface area contributed by atoms with E-state index in [1.807, 2.05) is 17.5 Å². The first-order valence-corrected chi connectivity index (χ1v) is 12.7. The Hall–Kier alpha value is -1.40. The molecule has 0 amide bonds. The van der Waals surface area contributed by atoms with Crippen molar-refractivity contribution >= 4 is 54.0 Å². The van der Waals surface area contributed by atoms with Crippen molar-refractivity contribution in [1.82, 2.24) is 13.1 Å². The van der Waals surface area contributed by atoms with Gasteiger partial charge >= 0.3 is 0 Å². The molecule has 0 spiro atoms. The molecule has 3 aromatic rings. The third-order valence-corrected chi connectivity index (χ3v) is 9.43. The molecule has 0 aliphatic carbocycles. The molecule has 1 atom stereocenters. The van der Waals surface area contributed by atoms with Crippen LogP contribution in [-0.2, 0) is 26.4 Å². The summed E-state index contributed by atoms with van der Waals surface area (Å²) in [7, 11) is -7.15. The third-order valence-electron chi connectivity index (χ3n) is 4.34. The number of sulfonamides is 1. The van der Waals surface area contributed by atoms with Crippen molar-refractivity contribution in [3.63, 3.8) is 0 Å². The molecule has 0 unspecified atom stereocenters. The number of thiophene rings is 1. The van der Waals surface area contributed by atoms with Crippen LogP contribution in [0.4, 0.5) is 0 Å². The van der Waals surface area contributed by atoms with Gasteiger partial charge in [0.05, 0.1) is 23.2 Å². The van der Waals surface area contributed by atoms with E-state index in [2.05, 4.69) is 8.75 Å². The lowest BCUT2D eigenvalue weighted by Crippen LogP contribution is -2.40. The number of sulfone groups is 1. The molecular formula is C15H15N3O4S4. The molecule has 0 radical (unpaired) electrons. The van der Waals surface area contributed by atoms with Crippen LogP contribution in [0.5, 0.6) is 0 Å². The first kappa shape index (κ1) is 18.0. The van der Waals surface area contributed by atoms with Gasteiger partial charge in [-0.25, -0.2) is 16.8 Å². The van der Waals surface area contributed by atoms with Crippen LogP contribution in [0.15, 0.2) is 40.6 Å². The SMILES string of the molecule is O=S1(=O)CC[C@H](N(Cc2cccs2)S(=O)(=O)c2cccc3nsnc23)C1. The molecule has 1 saturated heterocycles. The minimum absolute atomic E-state index is 0.0105. The highest BCUT2D eigenvalue weighted by molar-refractivity contribution is 7.92. The summed E-state index contributed by atoms with van der Waals surface area (Å²) in [5.41, 5.74) is 0.848. The lowest BCUT2D eigenvalue weighted by Gasteiger charge is -2.27. The zero-order valence-electron chi connectivity index (χ0n) is 13.5. The van der Waals surface area contributed by atoms with Gasteiger partial charge in [-0.3, -0.25) is 0 Å². The summed E-state index contributed by atoms with van der Waals surface area (Å²) in [6.07, 6.45) is 0.304. The minimum atomic E-state index is -3.93. The summed E-state index contributed by atoms with van der Waals surface area (Å²) in [4.78, 5) is 0.936. The molecule has 0 bridgehead atoms. The van der Waals surface area contributed by atoms with Gasteiger partial charge in [0.25, 0.3) is 0 Å². The van der Waals surface area contributed by atoms with Gasteiger partial charge in [0, 0.05) is 17.5 Å². The molecule has 1 aliphatic rings. The number of aromatic nitrogens is 2. The first-order valence-electron chi connectivity index (χ1n) is 7.83. The van der Waals surface area contributed by atoms with Crippen LogP contribution in [0.3, 0.4) is 0 Å². The molecule has 2 aromatic heterocycles. The van der Waals surface area contributed by atoms with E-state index >= 15 is 0 Å². The second-order valence-corrected chi connectivity index (χ2v) is 11.7. The minimum Gasteiger partial charge on any atom is -0.229 e. The van der Waals surface area contributed by atoms with Gasteiger partial charge in [0.15, 0.2) is 9.84 Å². The zero-order valence-corrected chi connectivity index (χ0v) is 16.7. The number of fused-ring (bicyclic) bond motifs is 1. The second kappa shape index (κ2) is 6.64. The number of hydrogen-bond acceptors (Lipinski definition) is 8. The van der Waals surface area contributed by atoms with Gasteiger partial charge in [-0.1, -0.05) is 12.1 Å². The van der Waals surface area contributed by atoms with Crippen LogP contribution in [-0.4, -0.2) is 47.4 Å². The average molecular weight is 430 g/mol. The summed E-state index contributed by atoms with van der Waals surface area (Å²) in [5.74, 6) is -0.139. The van der Waals surface area contributed by atoms with Crippen molar-refractivity contribution in [2.24, 2.45) is 0 Å². The highest BCUT2D eigenvalue weighted by atomic mass is 32.2. The first-order chi connectivity index (χ1) is 12.4. The molecule has 26 heavy (non-hydrogen) atoms. The van der Waals surface area contributed by atoms with E-state index in [0.29, 0.717) is 17.5 Å². The average Bonchev–Trinajstić information content (AvgIpc) is 3.32. The summed E-state index contributed by atoms with van der Waals surface area (Å²) < 4.78 is 60.3. The van der Waals surface area contributed by atoms with E-state index < -0.39 is 25.9 Å². The van der Waals surface area contributed by atoms with Gasteiger partial charge in [0.2, 0.25) is 10.0 Å². The molecule has 1 aliphatic heterocycles. The van der Waals surface area contributed by atoms with Crippen molar-refractivity contribution in [2.45, 2.75) is 23.9 Å². The fraction of sp³-hybridized carbons (Fsp3) is 0.333. The number of hydrogen-bond donors (Lipinski definition) is 0. The maximum atomic E-state index is 13.4. The van der Waals surface area contributed by atoms with E-state index in [4.69, 9.17) is 0 Å². The van der Waals surface area contributed by atoms with Crippen molar-refractivity contribution in [3.05, 3.63) is 40.6 Å². The van der Waals surface area contributed by atoms with Gasteiger partial charge in [-0.05, 0) is 30.0 Å². The van der Waals surface area contributed by atoms with Gasteiger partial charge < -0.3 is 0 Å². The van der Waals surface area contributed by atoms with Crippen LogP contribution in [0.25, 0.3) is 11.0 Å². The summed E-state index contributed by atoms with van der Waals surface area (Å²) >= 11 is 2.40. The summed E-state index contributed by atoms with van der Waals surface area (Å²) in [5, 5.41) is 1.87. The van der Waals surface area contributed by atoms with Gasteiger partial charge in [-0.15, -0.1) is 11.3 Å². The molecule has 11 heteroatoms. The number of nitrogens with zero attached hydrogens (tertiary/aromatic N) is 3. The molecular weight excluding hydrogens is 414 g/mol. The largest absolute Gasteiger partial charge is 0.245 e. The Kier molecular flexibility index (Phi) is 4.59. The molecule has 138 valence electrons. The molecule has 1 aromatic carbocycles. The smallest absolute Gasteiger partial charge is 0.229 e. The fourth-order valence-corrected chi connectivity index (χ4v) is 8.08. The third kappa shape index (κ3) is 3.29. The van der Waals surface area contributed by atoms with Crippen LogP contribution in [0, 0.1) is 0 Å². The lowest BCUT2D eigenvalue weighted by molar-refractivity contribution is 0.337. The molecule has 1 fully saturated rings. The van der Waals surface area contributed by atoms with Gasteiger partial charge in [0.1, 0.15) is 15.9 Å². The van der Waals surface area contributed by atoms with Crippen LogP contribution >= 0.6 is 23.1 Å². The molecule has 7 nitrogen and oxygen atoms in total. The fourth-order valence-electron chi connectivity index (χ4n) is 3.08. The maximum Gasteiger partial charge on any atom is 0.245 e. The predicted octanol–water partition coefficient (Wildman–Crippen LogP) is 2.13. The monoisotopic (exact) mass is 429 g/mol. The quantitative estimate of drug-likeness (QED) is 0.616. The van der Waals surface area contributed by atoms with Crippen molar-refractivity contribution in [2.75, 3.05) is 11.5 Å². The Labute approximate surface area is 159 Å². The van der Waals surface area contributed by atoms with E-state index in [1.54, 1.807) is 12.1 Å². The Bertz CT molecular complexity index is 1140. The van der Waals surface area contributed by atoms with Crippen molar-refractivity contribution in [3.8, 4) is 0 Å². The normalized spacial score (nSPS) is 20.1. The summed E-state index contributed by atoms with van der Waals surface area (Å²) in [6.45, 7) is 0.147. The molecule has 0 saturated carbocycles. The van der Waals surface area contributed by atoms with Crippen LogP contribution in [0.1, 0.15) is 11.3 Å². The lowest BCUT2D eigenvalue weighted by atomic mass is 10.2. The maximum absolute atomic E-state index is 13.4. The Morgan fingerprint density at radius 2 is 2.04 bits per heavy atom. The number of rotatable bonds is 5. The molecule has 0 N–H and O–H groups in total. The van der Waals surface area contributed by atoms with E-state index in [0.717, 1.165) is 16.6 Å². The van der Waals surface area contributed by atoms with Crippen LogP contribution < -0.4 is 0 Å². The zero-order chi connectivity index (χ0) is 18.4. The van der Waals surface area contributed by atoms with E-state index in [1.165, 1.54) is 21.7 Å². The topological polar surface area (TPSA) is 97.3 Å². The highest BCUT2D eigenvalue weighted by Gasteiger charge is 2.39. The molecule has 3 heterocycles. The van der Waals surface area contributed by atoms with E-state index in [9.17, 15) is 16.8 Å². The Balaban J connectivity index is 1.80. The van der Waals surface area contributed by atoms with E-state index in [-0.39, 0.29) is 22.9 Å². The standard InChI is InChI=1S/C15H15N3O4S4/c19-25(20)8-6-11(10-25)18(9-12-3-2-7-23-12)26(21,22)14-5-1-4-13-15(14)17-24-16-13/h1-5,7,11H,6,8-10H2/t11-/m0/s1. The van der Waals surface area contributed by atoms with Gasteiger partial charge in [-0.2, -0.15) is 13.1 Å². The van der Waals surface area contributed by atoms with Crippen molar-refractivity contribution < 1.29 is 16.8 Å². The second-order valence-electron chi connectivity index (χ2n) is 6.07. The Morgan fingerprint density at radius 1 is 1.19 bits per heavy atom. The van der Waals surface area contributed by atoms with Crippen molar-refractivity contribution in [1.29, 1.82) is 0 Å². The Morgan fingerprint density at radius 3 is 2.73 bits per heavy atom.